The summed E-state index contributed by atoms with van der Waals surface area (Å²) in [6.45, 7) is 2.21. The van der Waals surface area contributed by atoms with Crippen molar-refractivity contribution in [1.82, 2.24) is 10.6 Å². The van der Waals surface area contributed by atoms with Gasteiger partial charge in [0.2, 0.25) is 0 Å². The quantitative estimate of drug-likeness (QED) is 0.394. The van der Waals surface area contributed by atoms with Gasteiger partial charge in [0.15, 0.2) is 0 Å². The van der Waals surface area contributed by atoms with Gasteiger partial charge in [0.05, 0.1) is 6.17 Å². The Hall–Kier alpha value is -3.20. The van der Waals surface area contributed by atoms with Crippen molar-refractivity contribution in [3.05, 3.63) is 120 Å². The Labute approximate surface area is 185 Å². The van der Waals surface area contributed by atoms with Gasteiger partial charge in [-0.25, -0.2) is 0 Å². The lowest BCUT2D eigenvalue weighted by molar-refractivity contribution is 0.258. The molecular formula is C29H28N2. The van der Waals surface area contributed by atoms with Gasteiger partial charge in [-0.15, -0.1) is 0 Å². The summed E-state index contributed by atoms with van der Waals surface area (Å²) < 4.78 is 0. The van der Waals surface area contributed by atoms with E-state index in [1.165, 1.54) is 33.4 Å². The molecule has 4 aromatic carbocycles. The zero-order valence-electron chi connectivity index (χ0n) is 17.8. The van der Waals surface area contributed by atoms with Crippen LogP contribution < -0.4 is 10.6 Å². The van der Waals surface area contributed by atoms with Gasteiger partial charge in [-0.05, 0) is 58.9 Å². The summed E-state index contributed by atoms with van der Waals surface area (Å²) in [6.07, 6.45) is 1.25. The summed E-state index contributed by atoms with van der Waals surface area (Å²) >= 11 is 0. The first-order valence-electron chi connectivity index (χ1n) is 11.1. The summed E-state index contributed by atoms with van der Waals surface area (Å²) in [6, 6.07) is 39.8. The molecule has 2 N–H and O–H groups in total. The van der Waals surface area contributed by atoms with E-state index >= 15 is 0 Å². The highest BCUT2D eigenvalue weighted by Gasteiger charge is 2.27. The third-order valence-electron chi connectivity index (χ3n) is 6.17. The molecule has 1 saturated heterocycles. The average Bonchev–Trinajstić information content (AvgIpc) is 2.85. The largest absolute Gasteiger partial charge is 0.295 e. The Balaban J connectivity index is 1.41. The molecule has 0 radical (unpaired) electrons. The monoisotopic (exact) mass is 404 g/mol. The number of nitrogens with one attached hydrogen (secondary N) is 2. The molecule has 2 heteroatoms. The summed E-state index contributed by atoms with van der Waals surface area (Å²) in [7, 11) is 0. The van der Waals surface area contributed by atoms with Gasteiger partial charge in [0, 0.05) is 12.1 Å². The van der Waals surface area contributed by atoms with E-state index in [1.54, 1.807) is 0 Å². The molecule has 2 nitrogen and oxygen atoms in total. The van der Waals surface area contributed by atoms with Crippen molar-refractivity contribution in [2.45, 2.75) is 31.6 Å². The molecule has 2 unspecified atom stereocenters. The maximum atomic E-state index is 3.75. The molecule has 0 aromatic heterocycles. The van der Waals surface area contributed by atoms with Gasteiger partial charge in [-0.1, -0.05) is 97.1 Å². The van der Waals surface area contributed by atoms with E-state index in [1.807, 2.05) is 0 Å². The molecule has 0 amide bonds. The molecule has 4 aromatic rings. The van der Waals surface area contributed by atoms with E-state index in [2.05, 4.69) is 127 Å². The van der Waals surface area contributed by atoms with Crippen molar-refractivity contribution in [3.63, 3.8) is 0 Å². The number of hydrogen-bond donors (Lipinski definition) is 2. The highest BCUT2D eigenvalue weighted by Crippen LogP contribution is 2.34. The second kappa shape index (κ2) is 8.89. The summed E-state index contributed by atoms with van der Waals surface area (Å²) in [5, 5.41) is 7.49. The standard InChI is InChI=1S/C29H28N2/c1-21-30-28(26-16-8-14-24(18-26)22-10-4-2-5-11-22)20-29(31-21)27-17-9-15-25(19-27)23-12-6-3-7-13-23/h2-19,21,28-31H,20H2,1H3. The zero-order valence-corrected chi connectivity index (χ0v) is 17.8. The Morgan fingerprint density at radius 3 is 1.39 bits per heavy atom. The molecule has 154 valence electrons. The fourth-order valence-electron chi connectivity index (χ4n) is 4.62. The van der Waals surface area contributed by atoms with Crippen LogP contribution in [0.4, 0.5) is 0 Å². The molecule has 5 rings (SSSR count). The fourth-order valence-corrected chi connectivity index (χ4v) is 4.62. The van der Waals surface area contributed by atoms with E-state index in [4.69, 9.17) is 0 Å². The van der Waals surface area contributed by atoms with Crippen LogP contribution in [0.5, 0.6) is 0 Å². The fraction of sp³-hybridized carbons (Fsp3) is 0.172. The van der Waals surface area contributed by atoms with Crippen molar-refractivity contribution in [2.24, 2.45) is 0 Å². The minimum atomic E-state index is 0.240. The van der Waals surface area contributed by atoms with Crippen LogP contribution in [0.1, 0.15) is 36.6 Å². The third-order valence-corrected chi connectivity index (χ3v) is 6.17. The summed E-state index contributed by atoms with van der Waals surface area (Å²) in [5.41, 5.74) is 7.76. The molecule has 2 atom stereocenters. The van der Waals surface area contributed by atoms with Crippen LogP contribution in [-0.4, -0.2) is 6.17 Å². The highest BCUT2D eigenvalue weighted by atomic mass is 15.2. The number of hydrogen-bond acceptors (Lipinski definition) is 2. The second-order valence-electron chi connectivity index (χ2n) is 8.38. The molecule has 1 aliphatic rings. The summed E-state index contributed by atoms with van der Waals surface area (Å²) in [5.74, 6) is 0. The first-order chi connectivity index (χ1) is 15.3. The van der Waals surface area contributed by atoms with Crippen molar-refractivity contribution >= 4 is 0 Å². The zero-order chi connectivity index (χ0) is 21.0. The van der Waals surface area contributed by atoms with Crippen LogP contribution in [0.15, 0.2) is 109 Å². The van der Waals surface area contributed by atoms with E-state index in [0.717, 1.165) is 6.42 Å². The molecule has 0 spiro atoms. The molecule has 0 bridgehead atoms. The van der Waals surface area contributed by atoms with E-state index < -0.39 is 0 Å². The normalized spacial score (nSPS) is 21.0. The van der Waals surface area contributed by atoms with Crippen LogP contribution in [0.3, 0.4) is 0 Å². The Morgan fingerprint density at radius 1 is 0.516 bits per heavy atom. The predicted octanol–water partition coefficient (Wildman–Crippen LogP) is 6.73. The van der Waals surface area contributed by atoms with E-state index in [0.29, 0.717) is 12.1 Å². The topological polar surface area (TPSA) is 24.1 Å². The van der Waals surface area contributed by atoms with Gasteiger partial charge < -0.3 is 0 Å². The van der Waals surface area contributed by atoms with Gasteiger partial charge in [0.1, 0.15) is 0 Å². The first-order valence-corrected chi connectivity index (χ1v) is 11.1. The molecule has 1 fully saturated rings. The van der Waals surface area contributed by atoms with Crippen LogP contribution >= 0.6 is 0 Å². The van der Waals surface area contributed by atoms with Crippen LogP contribution in [0.2, 0.25) is 0 Å². The van der Waals surface area contributed by atoms with Crippen molar-refractivity contribution in [1.29, 1.82) is 0 Å². The SMILES string of the molecule is CC1NC(c2cccc(-c3ccccc3)c2)CC(c2cccc(-c3ccccc3)c2)N1. The van der Waals surface area contributed by atoms with Crippen molar-refractivity contribution in [3.8, 4) is 22.3 Å². The molecule has 0 aliphatic carbocycles. The lowest BCUT2D eigenvalue weighted by Crippen LogP contribution is -2.49. The predicted molar refractivity (Wildman–Crippen MR) is 130 cm³/mol. The third kappa shape index (κ3) is 4.46. The van der Waals surface area contributed by atoms with Crippen LogP contribution in [0.25, 0.3) is 22.3 Å². The van der Waals surface area contributed by atoms with Crippen molar-refractivity contribution in [2.75, 3.05) is 0 Å². The first kappa shape index (κ1) is 19.7. The lowest BCUT2D eigenvalue weighted by Gasteiger charge is -2.37. The maximum Gasteiger partial charge on any atom is 0.0552 e. The van der Waals surface area contributed by atoms with Crippen LogP contribution in [0, 0.1) is 0 Å². The van der Waals surface area contributed by atoms with Gasteiger partial charge >= 0.3 is 0 Å². The molecule has 0 saturated carbocycles. The Kier molecular flexibility index (Phi) is 5.66. The number of benzene rings is 4. The number of rotatable bonds is 4. The molecule has 31 heavy (non-hydrogen) atoms. The molecular weight excluding hydrogens is 376 g/mol. The highest BCUT2D eigenvalue weighted by molar-refractivity contribution is 5.65. The second-order valence-corrected chi connectivity index (χ2v) is 8.38. The Morgan fingerprint density at radius 2 is 0.935 bits per heavy atom. The minimum absolute atomic E-state index is 0.240. The molecule has 1 heterocycles. The Bertz CT molecular complexity index is 1050. The summed E-state index contributed by atoms with van der Waals surface area (Å²) in [4.78, 5) is 0. The smallest absolute Gasteiger partial charge is 0.0552 e. The van der Waals surface area contributed by atoms with Crippen molar-refractivity contribution < 1.29 is 0 Å². The van der Waals surface area contributed by atoms with Gasteiger partial charge in [0.25, 0.3) is 0 Å². The minimum Gasteiger partial charge on any atom is -0.295 e. The van der Waals surface area contributed by atoms with E-state index in [9.17, 15) is 0 Å². The molecule has 1 aliphatic heterocycles. The van der Waals surface area contributed by atoms with Gasteiger partial charge in [-0.3, -0.25) is 10.6 Å². The lowest BCUT2D eigenvalue weighted by atomic mass is 9.89. The van der Waals surface area contributed by atoms with Crippen LogP contribution in [-0.2, 0) is 0 Å². The van der Waals surface area contributed by atoms with E-state index in [-0.39, 0.29) is 6.17 Å². The maximum absolute atomic E-state index is 3.75. The average molecular weight is 405 g/mol. The van der Waals surface area contributed by atoms with Gasteiger partial charge in [-0.2, -0.15) is 0 Å².